The summed E-state index contributed by atoms with van der Waals surface area (Å²) in [6.45, 7) is 4.07. The molecule has 2 rings (SSSR count). The van der Waals surface area contributed by atoms with Crippen LogP contribution in [-0.4, -0.2) is 19.1 Å². The summed E-state index contributed by atoms with van der Waals surface area (Å²) < 4.78 is 5.18. The molecule has 0 saturated heterocycles. The van der Waals surface area contributed by atoms with Crippen molar-refractivity contribution in [3.63, 3.8) is 0 Å². The van der Waals surface area contributed by atoms with Crippen LogP contribution >= 0.6 is 0 Å². The van der Waals surface area contributed by atoms with Crippen LogP contribution in [0.2, 0.25) is 0 Å². The van der Waals surface area contributed by atoms with Gasteiger partial charge in [0.2, 0.25) is 5.91 Å². The van der Waals surface area contributed by atoms with E-state index in [2.05, 4.69) is 12.2 Å². The quantitative estimate of drug-likeness (QED) is 0.811. The lowest BCUT2D eigenvalue weighted by Crippen LogP contribution is -2.46. The van der Waals surface area contributed by atoms with Gasteiger partial charge in [0.1, 0.15) is 5.75 Å². The summed E-state index contributed by atoms with van der Waals surface area (Å²) in [6, 6.07) is 7.55. The molecule has 1 saturated carbocycles. The number of hydrogen-bond donors (Lipinski definition) is 2. The van der Waals surface area contributed by atoms with Crippen molar-refractivity contribution in [1.29, 1.82) is 0 Å². The first-order chi connectivity index (χ1) is 10.1. The van der Waals surface area contributed by atoms with Gasteiger partial charge in [-0.2, -0.15) is 0 Å². The highest BCUT2D eigenvalue weighted by molar-refractivity contribution is 5.82. The maximum atomic E-state index is 12.3. The lowest BCUT2D eigenvalue weighted by molar-refractivity contribution is -0.124. The Hall–Kier alpha value is -1.55. The van der Waals surface area contributed by atoms with Crippen LogP contribution in [0.1, 0.15) is 44.7 Å². The average Bonchev–Trinajstić information content (AvgIpc) is 3.35. The Balaban J connectivity index is 2.07. The molecule has 1 aliphatic rings. The van der Waals surface area contributed by atoms with Gasteiger partial charge in [-0.1, -0.05) is 32.4 Å². The minimum Gasteiger partial charge on any atom is -0.497 e. The van der Waals surface area contributed by atoms with Crippen LogP contribution in [0.25, 0.3) is 0 Å². The zero-order valence-corrected chi connectivity index (χ0v) is 13.1. The number of nitrogens with two attached hydrogens (primary N) is 1. The number of carbonyl (C=O) groups excluding carboxylic acids is 1. The molecule has 0 bridgehead atoms. The van der Waals surface area contributed by atoms with Crippen LogP contribution in [0.4, 0.5) is 0 Å². The molecule has 1 fully saturated rings. The Labute approximate surface area is 127 Å². The maximum Gasteiger partial charge on any atom is 0.237 e. The van der Waals surface area contributed by atoms with E-state index >= 15 is 0 Å². The van der Waals surface area contributed by atoms with Gasteiger partial charge < -0.3 is 15.8 Å². The third kappa shape index (κ3) is 3.97. The highest BCUT2D eigenvalue weighted by Crippen LogP contribution is 2.41. The predicted octanol–water partition coefficient (Wildman–Crippen LogP) is 2.64. The molecule has 116 valence electrons. The molecule has 3 atom stereocenters. The van der Waals surface area contributed by atoms with Gasteiger partial charge in [-0.05, 0) is 42.4 Å². The molecule has 4 heteroatoms. The van der Waals surface area contributed by atoms with E-state index in [1.165, 1.54) is 0 Å². The summed E-state index contributed by atoms with van der Waals surface area (Å²) in [5.74, 6) is 1.51. The Morgan fingerprint density at radius 3 is 2.48 bits per heavy atom. The van der Waals surface area contributed by atoms with Gasteiger partial charge in [0.25, 0.3) is 0 Å². The number of hydrogen-bond acceptors (Lipinski definition) is 3. The van der Waals surface area contributed by atoms with E-state index in [4.69, 9.17) is 10.5 Å². The van der Waals surface area contributed by atoms with Crippen LogP contribution < -0.4 is 15.8 Å². The molecule has 3 N–H and O–H groups in total. The molecule has 1 unspecified atom stereocenters. The van der Waals surface area contributed by atoms with Gasteiger partial charge in [0.15, 0.2) is 0 Å². The first-order valence-corrected chi connectivity index (χ1v) is 7.76. The number of methoxy groups -OCH3 is 1. The zero-order chi connectivity index (χ0) is 15.4. The van der Waals surface area contributed by atoms with Crippen LogP contribution in [-0.2, 0) is 4.79 Å². The molecule has 0 radical (unpaired) electrons. The van der Waals surface area contributed by atoms with Crippen molar-refractivity contribution in [1.82, 2.24) is 5.32 Å². The van der Waals surface area contributed by atoms with Gasteiger partial charge in [0, 0.05) is 0 Å². The molecule has 0 aromatic heterocycles. The highest BCUT2D eigenvalue weighted by Gasteiger charge is 2.34. The van der Waals surface area contributed by atoms with Crippen LogP contribution in [0.5, 0.6) is 5.75 Å². The van der Waals surface area contributed by atoms with E-state index in [0.717, 1.165) is 30.6 Å². The summed E-state index contributed by atoms with van der Waals surface area (Å²) in [5.41, 5.74) is 7.16. The Morgan fingerprint density at radius 2 is 2.00 bits per heavy atom. The van der Waals surface area contributed by atoms with Crippen molar-refractivity contribution in [2.45, 2.75) is 45.2 Å². The Kier molecular flexibility index (Phi) is 5.23. The first-order valence-electron chi connectivity index (χ1n) is 7.76. The van der Waals surface area contributed by atoms with E-state index < -0.39 is 6.04 Å². The normalized spacial score (nSPS) is 18.7. The molecule has 0 heterocycles. The molecule has 1 aromatic carbocycles. The predicted molar refractivity (Wildman–Crippen MR) is 84.0 cm³/mol. The topological polar surface area (TPSA) is 64.4 Å². The van der Waals surface area contributed by atoms with Gasteiger partial charge in [0.05, 0.1) is 19.2 Å². The highest BCUT2D eigenvalue weighted by atomic mass is 16.5. The van der Waals surface area contributed by atoms with Crippen molar-refractivity contribution >= 4 is 5.91 Å². The van der Waals surface area contributed by atoms with E-state index in [9.17, 15) is 4.79 Å². The zero-order valence-electron chi connectivity index (χ0n) is 13.1. The van der Waals surface area contributed by atoms with Crippen molar-refractivity contribution in [2.75, 3.05) is 7.11 Å². The maximum absolute atomic E-state index is 12.3. The van der Waals surface area contributed by atoms with Crippen LogP contribution in [0.3, 0.4) is 0 Å². The van der Waals surface area contributed by atoms with Crippen LogP contribution in [0.15, 0.2) is 24.3 Å². The molecule has 0 spiro atoms. The van der Waals surface area contributed by atoms with Crippen molar-refractivity contribution in [3.8, 4) is 5.75 Å². The summed E-state index contributed by atoms with van der Waals surface area (Å²) in [7, 11) is 1.65. The molecule has 1 amide bonds. The van der Waals surface area contributed by atoms with E-state index in [1.54, 1.807) is 7.11 Å². The Bertz CT molecular complexity index is 468. The van der Waals surface area contributed by atoms with Crippen LogP contribution in [0, 0.1) is 11.8 Å². The van der Waals surface area contributed by atoms with Gasteiger partial charge in [-0.15, -0.1) is 0 Å². The molecule has 1 aromatic rings. The smallest absolute Gasteiger partial charge is 0.237 e. The van der Waals surface area contributed by atoms with Crippen molar-refractivity contribution < 1.29 is 9.53 Å². The summed E-state index contributed by atoms with van der Waals surface area (Å²) >= 11 is 0. The molecular weight excluding hydrogens is 264 g/mol. The van der Waals surface area contributed by atoms with Gasteiger partial charge in [-0.3, -0.25) is 4.79 Å². The third-order valence-electron chi connectivity index (χ3n) is 4.43. The molecular formula is C17H26N2O2. The Morgan fingerprint density at radius 1 is 1.38 bits per heavy atom. The second kappa shape index (κ2) is 6.94. The first kappa shape index (κ1) is 15.8. The number of ether oxygens (including phenoxy) is 1. The van der Waals surface area contributed by atoms with Gasteiger partial charge in [-0.25, -0.2) is 0 Å². The molecule has 4 nitrogen and oxygen atoms in total. The fourth-order valence-corrected chi connectivity index (χ4v) is 2.48. The largest absolute Gasteiger partial charge is 0.497 e. The fourth-order valence-electron chi connectivity index (χ4n) is 2.48. The standard InChI is InChI=1S/C17H26N2O2/c1-4-11(2)15(18)17(20)19-16(12-5-6-12)13-7-9-14(21-3)10-8-13/h7-12,15-16H,4-6,18H2,1-3H3,(H,19,20)/t11-,15-,16?/m0/s1. The van der Waals surface area contributed by atoms with E-state index in [0.29, 0.717) is 5.92 Å². The minimum atomic E-state index is -0.436. The third-order valence-corrected chi connectivity index (χ3v) is 4.43. The SMILES string of the molecule is CC[C@H](C)[C@H](N)C(=O)NC(c1ccc(OC)cc1)C1CC1. The summed E-state index contributed by atoms with van der Waals surface area (Å²) in [6.07, 6.45) is 3.23. The van der Waals surface area contributed by atoms with E-state index in [-0.39, 0.29) is 17.9 Å². The molecule has 21 heavy (non-hydrogen) atoms. The monoisotopic (exact) mass is 290 g/mol. The lowest BCUT2D eigenvalue weighted by atomic mass is 9.97. The molecule has 0 aliphatic heterocycles. The number of amides is 1. The average molecular weight is 290 g/mol. The lowest BCUT2D eigenvalue weighted by Gasteiger charge is -2.24. The van der Waals surface area contributed by atoms with Crippen molar-refractivity contribution in [3.05, 3.63) is 29.8 Å². The van der Waals surface area contributed by atoms with E-state index in [1.807, 2.05) is 31.2 Å². The molecule has 1 aliphatic carbocycles. The minimum absolute atomic E-state index is 0.0444. The summed E-state index contributed by atoms with van der Waals surface area (Å²) in [4.78, 5) is 12.3. The fraction of sp³-hybridized carbons (Fsp3) is 0.588. The van der Waals surface area contributed by atoms with Crippen molar-refractivity contribution in [2.24, 2.45) is 17.6 Å². The second-order valence-electron chi connectivity index (χ2n) is 6.01. The summed E-state index contributed by atoms with van der Waals surface area (Å²) in [5, 5.41) is 3.14. The second-order valence-corrected chi connectivity index (χ2v) is 6.01. The number of benzene rings is 1. The van der Waals surface area contributed by atoms with Gasteiger partial charge >= 0.3 is 0 Å². The number of nitrogens with one attached hydrogen (secondary N) is 1. The number of rotatable bonds is 7. The number of carbonyl (C=O) groups is 1.